The fraction of sp³-hybridized carbons (Fsp3) is 0.478. The quantitative estimate of drug-likeness (QED) is 0.0842. The van der Waals surface area contributed by atoms with Gasteiger partial charge in [0.25, 0.3) is 5.91 Å². The highest BCUT2D eigenvalue weighted by molar-refractivity contribution is 6.01. The lowest BCUT2D eigenvalue weighted by molar-refractivity contribution is -0.141. The van der Waals surface area contributed by atoms with Crippen molar-refractivity contribution in [3.8, 4) is 34.4 Å². The van der Waals surface area contributed by atoms with Crippen molar-refractivity contribution in [1.82, 2.24) is 26.2 Å². The third kappa shape index (κ3) is 12.7. The molecule has 4 bridgehead atoms. The number of rotatable bonds is 19. The van der Waals surface area contributed by atoms with Crippen LogP contribution in [0, 0.1) is 11.3 Å². The molecule has 0 saturated heterocycles. The summed E-state index contributed by atoms with van der Waals surface area (Å²) >= 11 is 0. The van der Waals surface area contributed by atoms with Gasteiger partial charge >= 0.3 is 0 Å². The predicted molar refractivity (Wildman–Crippen MR) is 232 cm³/mol. The maximum absolute atomic E-state index is 14.6. The van der Waals surface area contributed by atoms with Gasteiger partial charge in [-0.1, -0.05) is 57.2 Å². The van der Waals surface area contributed by atoms with E-state index >= 15 is 0 Å². The second-order valence-electron chi connectivity index (χ2n) is 15.2. The number of nitrogens with one attached hydrogen (secondary N) is 4. The summed E-state index contributed by atoms with van der Waals surface area (Å²) in [5.74, 6) is -1.80. The zero-order valence-electron chi connectivity index (χ0n) is 36.2. The van der Waals surface area contributed by atoms with E-state index in [1.54, 1.807) is 42.5 Å². The van der Waals surface area contributed by atoms with Gasteiger partial charge in [0, 0.05) is 24.6 Å². The highest BCUT2D eigenvalue weighted by Crippen LogP contribution is 2.40. The van der Waals surface area contributed by atoms with Gasteiger partial charge in [-0.2, -0.15) is 5.26 Å². The first-order valence-electron chi connectivity index (χ1n) is 21.0. The van der Waals surface area contributed by atoms with Gasteiger partial charge in [0.05, 0.1) is 33.0 Å². The summed E-state index contributed by atoms with van der Waals surface area (Å²) in [4.78, 5) is 71.1. The van der Waals surface area contributed by atoms with Gasteiger partial charge in [-0.15, -0.1) is 0 Å². The molecule has 4 atom stereocenters. The van der Waals surface area contributed by atoms with Gasteiger partial charge in [-0.05, 0) is 92.2 Å². The Morgan fingerprint density at radius 3 is 2.21 bits per heavy atom. The summed E-state index contributed by atoms with van der Waals surface area (Å²) in [6, 6.07) is 12.9. The SMILES string of the molecule is CCCCCCCCc1ccc(C(=O)N[C@@H](CCCN)C(=O)N(C)[C@@H]2C(=O)N[C@@H](C)C(=O)N[C@H](C(=O)NCC#N)Cc3ccc(OC)c(c3)-c3cc2ccc3OC)c(OC)c1. The Hall–Kier alpha value is -6.14. The molecule has 15 heteroatoms. The second kappa shape index (κ2) is 23.6. The van der Waals surface area contributed by atoms with Gasteiger partial charge in [0.2, 0.25) is 23.6 Å². The van der Waals surface area contributed by atoms with Crippen LogP contribution in [0.5, 0.6) is 17.2 Å². The molecule has 0 spiro atoms. The van der Waals surface area contributed by atoms with Crippen LogP contribution < -0.4 is 41.2 Å². The van der Waals surface area contributed by atoms with E-state index in [1.165, 1.54) is 65.9 Å². The summed E-state index contributed by atoms with van der Waals surface area (Å²) in [6.07, 6.45) is 8.43. The molecule has 3 aromatic rings. The molecular formula is C46H61N7O8. The van der Waals surface area contributed by atoms with Crippen molar-refractivity contribution in [1.29, 1.82) is 5.26 Å². The Morgan fingerprint density at radius 2 is 1.54 bits per heavy atom. The number of carbonyl (C=O) groups is 5. The lowest BCUT2D eigenvalue weighted by Crippen LogP contribution is -2.56. The van der Waals surface area contributed by atoms with Crippen LogP contribution in [0.4, 0.5) is 0 Å². The van der Waals surface area contributed by atoms with E-state index < -0.39 is 53.7 Å². The van der Waals surface area contributed by atoms with Crippen LogP contribution in [-0.4, -0.2) is 94.0 Å². The van der Waals surface area contributed by atoms with E-state index in [0.717, 1.165) is 24.8 Å². The number of hydrogen-bond donors (Lipinski definition) is 5. The highest BCUT2D eigenvalue weighted by Gasteiger charge is 2.36. The monoisotopic (exact) mass is 839 g/mol. The smallest absolute Gasteiger partial charge is 0.255 e. The molecule has 1 aliphatic heterocycles. The first-order valence-corrected chi connectivity index (χ1v) is 21.0. The molecule has 6 N–H and O–H groups in total. The molecule has 4 rings (SSSR count). The summed E-state index contributed by atoms with van der Waals surface area (Å²) < 4.78 is 17.2. The number of amides is 5. The largest absolute Gasteiger partial charge is 0.496 e. The Kier molecular flexibility index (Phi) is 18.4. The van der Waals surface area contributed by atoms with Gasteiger partial charge in [0.1, 0.15) is 48.0 Å². The number of aryl methyl sites for hydroxylation is 1. The minimum Gasteiger partial charge on any atom is -0.496 e. The molecule has 328 valence electrons. The zero-order chi connectivity index (χ0) is 44.5. The van der Waals surface area contributed by atoms with Crippen LogP contribution >= 0.6 is 0 Å². The third-order valence-corrected chi connectivity index (χ3v) is 10.9. The molecule has 3 aromatic carbocycles. The third-order valence-electron chi connectivity index (χ3n) is 10.9. The number of likely N-dealkylation sites (N-methyl/N-ethyl adjacent to an activating group) is 1. The number of unbranched alkanes of at least 4 members (excludes halogenated alkanes) is 5. The molecule has 0 aromatic heterocycles. The van der Waals surface area contributed by atoms with Crippen molar-refractivity contribution in [2.75, 3.05) is 41.5 Å². The number of methoxy groups -OCH3 is 3. The van der Waals surface area contributed by atoms with E-state index in [1.807, 2.05) is 18.2 Å². The van der Waals surface area contributed by atoms with Crippen molar-refractivity contribution >= 4 is 29.5 Å². The van der Waals surface area contributed by atoms with Gasteiger partial charge in [-0.3, -0.25) is 24.0 Å². The molecule has 61 heavy (non-hydrogen) atoms. The summed E-state index contributed by atoms with van der Waals surface area (Å²) in [6.45, 7) is 3.62. The van der Waals surface area contributed by atoms with Crippen LogP contribution in [0.3, 0.4) is 0 Å². The fourth-order valence-electron chi connectivity index (χ4n) is 7.48. The minimum absolute atomic E-state index is 0.0493. The number of nitrogens with two attached hydrogens (primary N) is 1. The molecule has 15 nitrogen and oxygen atoms in total. The lowest BCUT2D eigenvalue weighted by Gasteiger charge is -2.32. The van der Waals surface area contributed by atoms with Crippen LogP contribution in [0.25, 0.3) is 11.1 Å². The van der Waals surface area contributed by atoms with E-state index in [-0.39, 0.29) is 31.5 Å². The van der Waals surface area contributed by atoms with Crippen LogP contribution in [0.1, 0.15) is 98.3 Å². The number of nitriles is 1. The topological polar surface area (TPSA) is 214 Å². The number of ether oxygens (including phenoxy) is 3. The van der Waals surface area contributed by atoms with Gasteiger partial charge < -0.3 is 46.1 Å². The van der Waals surface area contributed by atoms with Crippen molar-refractivity contribution in [2.45, 2.75) is 102 Å². The number of nitrogens with zero attached hydrogens (tertiary/aromatic N) is 2. The van der Waals surface area contributed by atoms with Gasteiger partial charge in [-0.25, -0.2) is 0 Å². The standard InChI is InChI=1S/C46H61N7O8/c1-7-8-9-10-11-12-14-30-16-19-33(40(27-30)61-6)43(55)51-36(15-13-22-47)46(58)53(3)41-32-18-21-39(60-5)35(28-32)34-25-31(17-20-38(34)59-4)26-37(44(56)49-24-23-48)52-42(54)29(2)50-45(41)57/h16-21,25,27-29,36-37,41H,7-15,22,24,26,47H2,1-6H3,(H,49,56)(H,50,57)(H,51,55)(H,52,54)/t29-,36-,37-,41-/m0/s1. The predicted octanol–water partition coefficient (Wildman–Crippen LogP) is 4.50. The van der Waals surface area contributed by atoms with Crippen molar-refractivity contribution in [3.05, 3.63) is 76.9 Å². The van der Waals surface area contributed by atoms with E-state index in [9.17, 15) is 24.0 Å². The Balaban J connectivity index is 1.73. The molecule has 1 heterocycles. The number of fused-ring (bicyclic) bond motifs is 5. The first kappa shape index (κ1) is 47.5. The van der Waals surface area contributed by atoms with Crippen LogP contribution in [-0.2, 0) is 32.0 Å². The molecule has 0 radical (unpaired) electrons. The molecule has 0 saturated carbocycles. The molecular weight excluding hydrogens is 779 g/mol. The fourth-order valence-corrected chi connectivity index (χ4v) is 7.48. The van der Waals surface area contributed by atoms with Gasteiger partial charge in [0.15, 0.2) is 0 Å². The second-order valence-corrected chi connectivity index (χ2v) is 15.2. The Bertz CT molecular complexity index is 2050. The minimum atomic E-state index is -1.33. The van der Waals surface area contributed by atoms with Crippen molar-refractivity contribution in [3.63, 3.8) is 0 Å². The summed E-state index contributed by atoms with van der Waals surface area (Å²) in [7, 11) is 5.96. The van der Waals surface area contributed by atoms with E-state index in [4.69, 9.17) is 25.2 Å². The summed E-state index contributed by atoms with van der Waals surface area (Å²) in [5, 5.41) is 19.9. The molecule has 0 unspecified atom stereocenters. The normalized spacial score (nSPS) is 16.7. The molecule has 1 aliphatic rings. The van der Waals surface area contributed by atoms with E-state index in [2.05, 4.69) is 28.2 Å². The van der Waals surface area contributed by atoms with Crippen LogP contribution in [0.15, 0.2) is 54.6 Å². The van der Waals surface area contributed by atoms with Crippen molar-refractivity contribution in [2.24, 2.45) is 5.73 Å². The first-order chi connectivity index (χ1) is 29.4. The molecule has 0 aliphatic carbocycles. The van der Waals surface area contributed by atoms with Crippen LogP contribution in [0.2, 0.25) is 0 Å². The molecule has 5 amide bonds. The maximum atomic E-state index is 14.6. The Morgan fingerprint density at radius 1 is 0.869 bits per heavy atom. The number of carbonyl (C=O) groups excluding carboxylic acids is 5. The zero-order valence-corrected chi connectivity index (χ0v) is 36.2. The maximum Gasteiger partial charge on any atom is 0.255 e. The Labute approximate surface area is 359 Å². The summed E-state index contributed by atoms with van der Waals surface area (Å²) in [5.41, 5.74) is 9.31. The van der Waals surface area contributed by atoms with E-state index in [0.29, 0.717) is 45.9 Å². The number of benzene rings is 3. The highest BCUT2D eigenvalue weighted by atomic mass is 16.5. The average molecular weight is 840 g/mol. The van der Waals surface area contributed by atoms with Crippen molar-refractivity contribution < 1.29 is 38.2 Å². The molecule has 0 fully saturated rings. The number of hydrogen-bond acceptors (Lipinski definition) is 10. The average Bonchev–Trinajstić information content (AvgIpc) is 3.26. The lowest BCUT2D eigenvalue weighted by atomic mass is 9.93.